The molecule has 2 N–H and O–H groups in total. The third-order valence-corrected chi connectivity index (χ3v) is 3.12. The molecule has 0 aliphatic carbocycles. The van der Waals surface area contributed by atoms with Gasteiger partial charge in [-0.1, -0.05) is 49.4 Å². The number of hydrazine groups is 1. The van der Waals surface area contributed by atoms with Gasteiger partial charge >= 0.3 is 0 Å². The second-order valence-corrected chi connectivity index (χ2v) is 5.03. The largest absolute Gasteiger partial charge is 0.493 e. The fourth-order valence-electron chi connectivity index (χ4n) is 1.96. The van der Waals surface area contributed by atoms with Gasteiger partial charge in [-0.3, -0.25) is 20.4 Å². The number of ether oxygens (including phenoxy) is 1. The average molecular weight is 324 g/mol. The summed E-state index contributed by atoms with van der Waals surface area (Å²) in [5.74, 6) is -0.353. The predicted molar refractivity (Wildman–Crippen MR) is 93.3 cm³/mol. The monoisotopic (exact) mass is 324 g/mol. The van der Waals surface area contributed by atoms with Gasteiger partial charge in [0.15, 0.2) is 0 Å². The zero-order valence-electron chi connectivity index (χ0n) is 13.5. The Morgan fingerprint density at radius 3 is 2.46 bits per heavy atom. The molecule has 5 heteroatoms. The molecule has 5 nitrogen and oxygen atoms in total. The maximum Gasteiger partial charge on any atom is 0.273 e. The van der Waals surface area contributed by atoms with Crippen LogP contribution in [-0.2, 0) is 4.79 Å². The van der Waals surface area contributed by atoms with Crippen LogP contribution in [0.25, 0.3) is 6.08 Å². The van der Waals surface area contributed by atoms with Gasteiger partial charge in [0.2, 0.25) is 0 Å². The minimum atomic E-state index is -0.428. The molecule has 2 rings (SSSR count). The molecular formula is C19H20N2O3. The molecule has 0 saturated carbocycles. The van der Waals surface area contributed by atoms with E-state index in [9.17, 15) is 9.59 Å². The van der Waals surface area contributed by atoms with Gasteiger partial charge in [-0.15, -0.1) is 0 Å². The summed E-state index contributed by atoms with van der Waals surface area (Å²) in [6.45, 7) is 2.51. The molecule has 0 unspecified atom stereocenters. The third-order valence-electron chi connectivity index (χ3n) is 3.12. The first-order valence-corrected chi connectivity index (χ1v) is 7.76. The quantitative estimate of drug-likeness (QED) is 0.634. The Morgan fingerprint density at radius 1 is 1.00 bits per heavy atom. The van der Waals surface area contributed by atoms with Gasteiger partial charge < -0.3 is 4.74 Å². The molecule has 0 aromatic heterocycles. The van der Waals surface area contributed by atoms with E-state index in [-0.39, 0.29) is 0 Å². The zero-order chi connectivity index (χ0) is 17.2. The van der Waals surface area contributed by atoms with E-state index in [0.29, 0.717) is 17.9 Å². The fourth-order valence-corrected chi connectivity index (χ4v) is 1.96. The van der Waals surface area contributed by atoms with E-state index in [1.165, 1.54) is 6.08 Å². The highest BCUT2D eigenvalue weighted by molar-refractivity contribution is 5.99. The van der Waals surface area contributed by atoms with Gasteiger partial charge in [-0.25, -0.2) is 0 Å². The maximum absolute atomic E-state index is 12.2. The molecule has 0 saturated heterocycles. The van der Waals surface area contributed by atoms with E-state index in [4.69, 9.17) is 4.74 Å². The van der Waals surface area contributed by atoms with E-state index >= 15 is 0 Å². The van der Waals surface area contributed by atoms with Crippen molar-refractivity contribution in [1.82, 2.24) is 10.9 Å². The molecule has 0 aliphatic heterocycles. The zero-order valence-corrected chi connectivity index (χ0v) is 13.5. The van der Waals surface area contributed by atoms with Crippen molar-refractivity contribution in [3.8, 4) is 5.75 Å². The summed E-state index contributed by atoms with van der Waals surface area (Å²) in [6.07, 6.45) is 3.87. The van der Waals surface area contributed by atoms with E-state index in [1.54, 1.807) is 30.3 Å². The second-order valence-electron chi connectivity index (χ2n) is 5.03. The smallest absolute Gasteiger partial charge is 0.273 e. The Labute approximate surface area is 141 Å². The third kappa shape index (κ3) is 5.28. The van der Waals surface area contributed by atoms with Crippen molar-refractivity contribution in [2.75, 3.05) is 6.61 Å². The van der Waals surface area contributed by atoms with Crippen LogP contribution in [0.15, 0.2) is 60.7 Å². The number of carbonyl (C=O) groups excluding carboxylic acids is 2. The van der Waals surface area contributed by atoms with E-state index in [2.05, 4.69) is 10.9 Å². The normalized spacial score (nSPS) is 10.4. The van der Waals surface area contributed by atoms with E-state index < -0.39 is 11.8 Å². The van der Waals surface area contributed by atoms with Crippen LogP contribution < -0.4 is 15.6 Å². The molecule has 0 heterocycles. The van der Waals surface area contributed by atoms with Crippen LogP contribution in [0, 0.1) is 0 Å². The second kappa shape index (κ2) is 9.15. The minimum Gasteiger partial charge on any atom is -0.493 e. The van der Waals surface area contributed by atoms with E-state index in [0.717, 1.165) is 12.0 Å². The number of carbonyl (C=O) groups is 2. The van der Waals surface area contributed by atoms with E-state index in [1.807, 2.05) is 37.3 Å². The molecule has 0 bridgehead atoms. The Balaban J connectivity index is 1.91. The van der Waals surface area contributed by atoms with Crippen LogP contribution in [0.5, 0.6) is 5.75 Å². The molecule has 0 fully saturated rings. The Morgan fingerprint density at radius 2 is 1.71 bits per heavy atom. The Hall–Kier alpha value is -3.08. The standard InChI is InChI=1S/C19H20N2O3/c1-2-14-24-17-11-7-6-10-16(17)19(23)21-20-18(22)13-12-15-8-4-3-5-9-15/h3-13H,2,14H2,1H3,(H,20,22)(H,21,23)/b13-12+. The molecule has 0 aliphatic rings. The van der Waals surface area contributed by atoms with Gasteiger partial charge in [0.25, 0.3) is 11.8 Å². The number of hydrogen-bond donors (Lipinski definition) is 2. The summed E-state index contributed by atoms with van der Waals surface area (Å²) in [5, 5.41) is 0. The first-order valence-electron chi connectivity index (χ1n) is 7.76. The van der Waals surface area contributed by atoms with Gasteiger partial charge in [0.05, 0.1) is 12.2 Å². The van der Waals surface area contributed by atoms with Crippen molar-refractivity contribution >= 4 is 17.9 Å². The topological polar surface area (TPSA) is 67.4 Å². The highest BCUT2D eigenvalue weighted by Gasteiger charge is 2.12. The number of amides is 2. The highest BCUT2D eigenvalue weighted by atomic mass is 16.5. The predicted octanol–water partition coefficient (Wildman–Crippen LogP) is 2.95. The number of rotatable bonds is 6. The lowest BCUT2D eigenvalue weighted by atomic mass is 10.2. The molecule has 124 valence electrons. The van der Waals surface area contributed by atoms with Crippen LogP contribution in [0.1, 0.15) is 29.3 Å². The summed E-state index contributed by atoms with van der Waals surface area (Å²) in [4.78, 5) is 23.9. The first-order chi connectivity index (χ1) is 11.7. The van der Waals surface area contributed by atoms with Gasteiger partial charge in [0.1, 0.15) is 5.75 Å². The van der Waals surface area contributed by atoms with Gasteiger partial charge in [0, 0.05) is 6.08 Å². The summed E-state index contributed by atoms with van der Waals surface area (Å²) in [5.41, 5.74) is 6.01. The van der Waals surface area contributed by atoms with Crippen molar-refractivity contribution in [2.45, 2.75) is 13.3 Å². The highest BCUT2D eigenvalue weighted by Crippen LogP contribution is 2.17. The summed E-state index contributed by atoms with van der Waals surface area (Å²) in [7, 11) is 0. The first kappa shape index (κ1) is 17.3. The SMILES string of the molecule is CCCOc1ccccc1C(=O)NNC(=O)/C=C/c1ccccc1. The van der Waals surface area contributed by atoms with Crippen molar-refractivity contribution in [3.05, 3.63) is 71.8 Å². The number of para-hydroxylation sites is 1. The summed E-state index contributed by atoms with van der Waals surface area (Å²) >= 11 is 0. The molecule has 0 atom stereocenters. The number of hydrogen-bond acceptors (Lipinski definition) is 3. The molecule has 0 radical (unpaired) electrons. The van der Waals surface area contributed by atoms with Crippen LogP contribution in [0.3, 0.4) is 0 Å². The Kier molecular flexibility index (Phi) is 6.58. The fraction of sp³-hybridized carbons (Fsp3) is 0.158. The van der Waals surface area contributed by atoms with Gasteiger partial charge in [-0.2, -0.15) is 0 Å². The lowest BCUT2D eigenvalue weighted by Crippen LogP contribution is -2.40. The Bertz CT molecular complexity index is 712. The minimum absolute atomic E-state index is 0.373. The van der Waals surface area contributed by atoms with Crippen molar-refractivity contribution in [2.24, 2.45) is 0 Å². The number of nitrogens with one attached hydrogen (secondary N) is 2. The van der Waals surface area contributed by atoms with Crippen LogP contribution >= 0.6 is 0 Å². The lowest BCUT2D eigenvalue weighted by molar-refractivity contribution is -0.117. The average Bonchev–Trinajstić information content (AvgIpc) is 2.63. The molecule has 0 spiro atoms. The van der Waals surface area contributed by atoms with Crippen molar-refractivity contribution < 1.29 is 14.3 Å². The van der Waals surface area contributed by atoms with Crippen molar-refractivity contribution in [3.63, 3.8) is 0 Å². The molecule has 24 heavy (non-hydrogen) atoms. The molecule has 2 aromatic rings. The van der Waals surface area contributed by atoms with Crippen LogP contribution in [-0.4, -0.2) is 18.4 Å². The van der Waals surface area contributed by atoms with Gasteiger partial charge in [-0.05, 0) is 30.2 Å². The number of benzene rings is 2. The molecule has 2 amide bonds. The van der Waals surface area contributed by atoms with Crippen LogP contribution in [0.4, 0.5) is 0 Å². The van der Waals surface area contributed by atoms with Crippen LogP contribution in [0.2, 0.25) is 0 Å². The molecular weight excluding hydrogens is 304 g/mol. The van der Waals surface area contributed by atoms with Crippen molar-refractivity contribution in [1.29, 1.82) is 0 Å². The lowest BCUT2D eigenvalue weighted by Gasteiger charge is -2.11. The summed E-state index contributed by atoms with van der Waals surface area (Å²) in [6, 6.07) is 16.3. The molecule has 2 aromatic carbocycles. The maximum atomic E-state index is 12.2. The summed E-state index contributed by atoms with van der Waals surface area (Å²) < 4.78 is 5.53.